The Morgan fingerprint density at radius 2 is 1.67 bits per heavy atom. The molecule has 1 N–H and O–H groups in total. The molecule has 0 radical (unpaired) electrons. The summed E-state index contributed by atoms with van der Waals surface area (Å²) in [6, 6.07) is 5.27. The summed E-state index contributed by atoms with van der Waals surface area (Å²) in [7, 11) is -3.29. The molecule has 0 aliphatic carbocycles. The van der Waals surface area contributed by atoms with Crippen molar-refractivity contribution in [2.45, 2.75) is 45.4 Å². The third-order valence-corrected chi connectivity index (χ3v) is 5.63. The van der Waals surface area contributed by atoms with Gasteiger partial charge in [-0.25, -0.2) is 13.2 Å². The number of imide groups is 1. The molecule has 0 unspecified atom stereocenters. The summed E-state index contributed by atoms with van der Waals surface area (Å²) in [6.07, 6.45) is 0.238. The lowest BCUT2D eigenvalue weighted by Crippen LogP contribution is -2.40. The zero-order valence-electron chi connectivity index (χ0n) is 14.5. The number of aryl methyl sites for hydroxylation is 2. The summed E-state index contributed by atoms with van der Waals surface area (Å²) in [5.74, 6) is -0.405. The van der Waals surface area contributed by atoms with Crippen molar-refractivity contribution in [3.05, 3.63) is 34.9 Å². The van der Waals surface area contributed by atoms with Gasteiger partial charge < -0.3 is 5.32 Å². The van der Waals surface area contributed by atoms with E-state index in [-0.39, 0.29) is 30.4 Å². The number of hydrogen-bond donors (Lipinski definition) is 1. The fourth-order valence-corrected chi connectivity index (χ4v) is 4.33. The average Bonchev–Trinajstić information content (AvgIpc) is 2.58. The number of rotatable bonds is 6. The van der Waals surface area contributed by atoms with E-state index in [4.69, 9.17) is 0 Å². The number of benzene rings is 1. The minimum atomic E-state index is -3.29. The van der Waals surface area contributed by atoms with E-state index >= 15 is 0 Å². The van der Waals surface area contributed by atoms with Crippen LogP contribution in [0.2, 0.25) is 0 Å². The van der Waals surface area contributed by atoms with Gasteiger partial charge in [-0.05, 0) is 39.7 Å². The van der Waals surface area contributed by atoms with Gasteiger partial charge in [-0.2, -0.15) is 0 Å². The molecule has 0 aromatic heterocycles. The topological polar surface area (TPSA) is 83.6 Å². The zero-order chi connectivity index (χ0) is 18.1. The molecular weight excluding hydrogens is 328 g/mol. The highest BCUT2D eigenvalue weighted by Gasteiger charge is 2.43. The van der Waals surface area contributed by atoms with Crippen LogP contribution in [0.5, 0.6) is 0 Å². The van der Waals surface area contributed by atoms with E-state index < -0.39 is 21.4 Å². The molecule has 1 aliphatic heterocycles. The van der Waals surface area contributed by atoms with Crippen LogP contribution in [-0.2, 0) is 20.4 Å². The van der Waals surface area contributed by atoms with Gasteiger partial charge in [0.05, 0.1) is 11.5 Å². The summed E-state index contributed by atoms with van der Waals surface area (Å²) < 4.78 is 24.6. The largest absolute Gasteiger partial charge is 0.325 e. The van der Waals surface area contributed by atoms with Gasteiger partial charge in [0.15, 0.2) is 9.84 Å². The van der Waals surface area contributed by atoms with Gasteiger partial charge in [-0.1, -0.05) is 29.3 Å². The highest BCUT2D eigenvalue weighted by molar-refractivity contribution is 7.90. The summed E-state index contributed by atoms with van der Waals surface area (Å²) in [5, 5.41) is 2.58. The highest BCUT2D eigenvalue weighted by Crippen LogP contribution is 2.17. The highest BCUT2D eigenvalue weighted by atomic mass is 32.2. The molecule has 0 atom stereocenters. The molecule has 1 heterocycles. The smallest absolute Gasteiger partial charge is 0.324 e. The van der Waals surface area contributed by atoms with Gasteiger partial charge in [0.2, 0.25) is 0 Å². The molecule has 1 aliphatic rings. The summed E-state index contributed by atoms with van der Waals surface area (Å²) in [4.78, 5) is 24.9. The first-order valence-corrected chi connectivity index (χ1v) is 9.74. The van der Waals surface area contributed by atoms with Gasteiger partial charge in [-0.15, -0.1) is 0 Å². The minimum Gasteiger partial charge on any atom is -0.324 e. The van der Waals surface area contributed by atoms with Crippen molar-refractivity contribution in [2.24, 2.45) is 0 Å². The Morgan fingerprint density at radius 1 is 1.08 bits per heavy atom. The van der Waals surface area contributed by atoms with Crippen LogP contribution in [0, 0.1) is 13.8 Å². The quantitative estimate of drug-likeness (QED) is 0.793. The Morgan fingerprint density at radius 3 is 2.17 bits per heavy atom. The van der Waals surface area contributed by atoms with Crippen LogP contribution >= 0.6 is 0 Å². The Bertz CT molecular complexity index is 749. The van der Waals surface area contributed by atoms with Gasteiger partial charge in [0.1, 0.15) is 5.54 Å². The van der Waals surface area contributed by atoms with Crippen molar-refractivity contribution in [2.75, 3.05) is 12.3 Å². The lowest BCUT2D eigenvalue weighted by Gasteiger charge is -2.15. The Kier molecular flexibility index (Phi) is 5.03. The maximum absolute atomic E-state index is 12.3. The zero-order valence-corrected chi connectivity index (χ0v) is 15.4. The Labute approximate surface area is 143 Å². The fraction of sp³-hybridized carbons (Fsp3) is 0.529. The first kappa shape index (κ1) is 18.4. The molecule has 1 aromatic carbocycles. The van der Waals surface area contributed by atoms with Crippen molar-refractivity contribution < 1.29 is 18.0 Å². The normalized spacial score (nSPS) is 17.2. The molecule has 3 amide bonds. The van der Waals surface area contributed by atoms with Crippen LogP contribution in [0.4, 0.5) is 4.79 Å². The molecule has 7 heteroatoms. The number of hydrogen-bond acceptors (Lipinski definition) is 4. The average molecular weight is 352 g/mol. The maximum Gasteiger partial charge on any atom is 0.325 e. The Balaban J connectivity index is 1.94. The maximum atomic E-state index is 12.3. The van der Waals surface area contributed by atoms with Crippen molar-refractivity contribution in [1.29, 1.82) is 0 Å². The molecule has 0 spiro atoms. The van der Waals surface area contributed by atoms with Crippen molar-refractivity contribution >= 4 is 21.8 Å². The summed E-state index contributed by atoms with van der Waals surface area (Å²) in [5.41, 5.74) is 1.90. The lowest BCUT2D eigenvalue weighted by molar-refractivity contribution is -0.130. The number of sulfone groups is 1. The van der Waals surface area contributed by atoms with Crippen LogP contribution in [0.1, 0.15) is 37.0 Å². The monoisotopic (exact) mass is 352 g/mol. The number of carbonyl (C=O) groups is 2. The van der Waals surface area contributed by atoms with Crippen LogP contribution in [-0.4, -0.2) is 43.1 Å². The van der Waals surface area contributed by atoms with Gasteiger partial charge in [0, 0.05) is 6.54 Å². The molecule has 24 heavy (non-hydrogen) atoms. The van der Waals surface area contributed by atoms with Crippen LogP contribution in [0.15, 0.2) is 18.2 Å². The molecular formula is C17H24N2O4S. The van der Waals surface area contributed by atoms with E-state index in [1.807, 2.05) is 32.0 Å². The first-order valence-electron chi connectivity index (χ1n) is 7.92. The molecule has 0 saturated carbocycles. The van der Waals surface area contributed by atoms with E-state index in [2.05, 4.69) is 5.32 Å². The van der Waals surface area contributed by atoms with E-state index in [0.29, 0.717) is 0 Å². The number of carbonyl (C=O) groups excluding carboxylic acids is 2. The summed E-state index contributed by atoms with van der Waals surface area (Å²) in [6.45, 7) is 7.24. The second-order valence-corrected chi connectivity index (χ2v) is 9.14. The van der Waals surface area contributed by atoms with Crippen LogP contribution < -0.4 is 5.32 Å². The van der Waals surface area contributed by atoms with E-state index in [1.165, 1.54) is 0 Å². The standard InChI is InChI=1S/C17H24N2O4S/c1-12-8-13(2)10-14(9-12)11-24(22,23)7-5-6-19-15(20)17(3,4)18-16(19)21/h8-10H,5-7,11H2,1-4H3,(H,18,21). The summed E-state index contributed by atoms with van der Waals surface area (Å²) >= 11 is 0. The number of nitrogens with one attached hydrogen (secondary N) is 1. The predicted octanol–water partition coefficient (Wildman–Crippen LogP) is 1.94. The van der Waals surface area contributed by atoms with E-state index in [9.17, 15) is 18.0 Å². The molecule has 6 nitrogen and oxygen atoms in total. The van der Waals surface area contributed by atoms with Crippen molar-refractivity contribution in [1.82, 2.24) is 10.2 Å². The van der Waals surface area contributed by atoms with Gasteiger partial charge in [-0.3, -0.25) is 9.69 Å². The SMILES string of the molecule is Cc1cc(C)cc(CS(=O)(=O)CCCN2C(=O)NC(C)(C)C2=O)c1. The second kappa shape index (κ2) is 6.55. The molecule has 0 bridgehead atoms. The lowest BCUT2D eigenvalue weighted by atomic mass is 10.1. The first-order chi connectivity index (χ1) is 11.0. The fourth-order valence-electron chi connectivity index (χ4n) is 2.94. The predicted molar refractivity (Wildman–Crippen MR) is 92.3 cm³/mol. The van der Waals surface area contributed by atoms with Crippen LogP contribution in [0.25, 0.3) is 0 Å². The number of urea groups is 1. The molecule has 132 valence electrons. The molecule has 1 aromatic rings. The van der Waals surface area contributed by atoms with E-state index in [0.717, 1.165) is 21.6 Å². The van der Waals surface area contributed by atoms with Gasteiger partial charge in [0.25, 0.3) is 5.91 Å². The van der Waals surface area contributed by atoms with Crippen molar-refractivity contribution in [3.8, 4) is 0 Å². The van der Waals surface area contributed by atoms with Crippen LogP contribution in [0.3, 0.4) is 0 Å². The third kappa shape index (κ3) is 4.35. The Hall–Kier alpha value is -1.89. The third-order valence-electron chi connectivity index (χ3n) is 3.95. The van der Waals surface area contributed by atoms with Gasteiger partial charge >= 0.3 is 6.03 Å². The molecule has 1 fully saturated rings. The van der Waals surface area contributed by atoms with Crippen molar-refractivity contribution in [3.63, 3.8) is 0 Å². The second-order valence-electron chi connectivity index (χ2n) is 6.95. The number of nitrogens with zero attached hydrogens (tertiary/aromatic N) is 1. The molecule has 1 saturated heterocycles. The van der Waals surface area contributed by atoms with E-state index in [1.54, 1.807) is 13.8 Å². The number of amides is 3. The molecule has 2 rings (SSSR count). The minimum absolute atomic E-state index is 0.0266.